The van der Waals surface area contributed by atoms with Crippen molar-refractivity contribution in [2.45, 2.75) is 40.2 Å². The molecule has 5 nitrogen and oxygen atoms in total. The van der Waals surface area contributed by atoms with Gasteiger partial charge in [0, 0.05) is 19.3 Å². The number of aryl methyl sites for hydroxylation is 1. The van der Waals surface area contributed by atoms with Crippen molar-refractivity contribution in [1.29, 1.82) is 0 Å². The Labute approximate surface area is 109 Å². The molecular formula is C13H24N4O. The van der Waals surface area contributed by atoms with Gasteiger partial charge in [0.15, 0.2) is 0 Å². The molecule has 5 heteroatoms. The van der Waals surface area contributed by atoms with Gasteiger partial charge in [-0.25, -0.2) is 0 Å². The zero-order chi connectivity index (χ0) is 13.7. The highest BCUT2D eigenvalue weighted by Crippen LogP contribution is 2.13. The highest BCUT2D eigenvalue weighted by Gasteiger charge is 2.14. The minimum atomic E-state index is 0.0803. The van der Waals surface area contributed by atoms with E-state index in [1.54, 1.807) is 9.58 Å². The third-order valence-electron chi connectivity index (χ3n) is 3.29. The monoisotopic (exact) mass is 252 g/mol. The fourth-order valence-electron chi connectivity index (χ4n) is 2.10. The summed E-state index contributed by atoms with van der Waals surface area (Å²) in [6, 6.07) is 0. The Morgan fingerprint density at radius 2 is 2.11 bits per heavy atom. The second-order valence-corrected chi connectivity index (χ2v) is 4.62. The van der Waals surface area contributed by atoms with Crippen LogP contribution in [0.5, 0.6) is 0 Å². The number of hydrogen-bond acceptors (Lipinski definition) is 3. The van der Waals surface area contributed by atoms with Crippen molar-refractivity contribution in [3.8, 4) is 0 Å². The molecule has 0 aromatic carbocycles. The molecule has 0 unspecified atom stereocenters. The molecule has 102 valence electrons. The molecule has 0 spiro atoms. The third kappa shape index (κ3) is 3.32. The van der Waals surface area contributed by atoms with Gasteiger partial charge in [0.1, 0.15) is 6.54 Å². The van der Waals surface area contributed by atoms with E-state index in [1.807, 2.05) is 20.9 Å². The molecule has 1 heterocycles. The zero-order valence-electron chi connectivity index (χ0n) is 11.9. The van der Waals surface area contributed by atoms with Crippen LogP contribution in [0.1, 0.15) is 30.3 Å². The Morgan fingerprint density at radius 3 is 2.61 bits per heavy atom. The van der Waals surface area contributed by atoms with Crippen LogP contribution in [-0.4, -0.2) is 40.7 Å². The first-order chi connectivity index (χ1) is 8.51. The predicted octanol–water partition coefficient (Wildman–Crippen LogP) is 0.870. The summed E-state index contributed by atoms with van der Waals surface area (Å²) in [5.41, 5.74) is 8.80. The van der Waals surface area contributed by atoms with Gasteiger partial charge in [0.2, 0.25) is 5.91 Å². The molecular weight excluding hydrogens is 228 g/mol. The van der Waals surface area contributed by atoms with Crippen molar-refractivity contribution < 1.29 is 4.79 Å². The molecule has 0 saturated carbocycles. The Balaban J connectivity index is 2.70. The molecule has 1 rings (SSSR count). The molecule has 0 atom stereocenters. The summed E-state index contributed by atoms with van der Waals surface area (Å²) in [5.74, 6) is 0.0803. The molecule has 0 fully saturated rings. The Morgan fingerprint density at radius 1 is 1.44 bits per heavy atom. The van der Waals surface area contributed by atoms with E-state index in [0.717, 1.165) is 24.2 Å². The third-order valence-corrected chi connectivity index (χ3v) is 3.29. The highest BCUT2D eigenvalue weighted by atomic mass is 16.2. The zero-order valence-corrected chi connectivity index (χ0v) is 11.9. The summed E-state index contributed by atoms with van der Waals surface area (Å²) in [6.07, 6.45) is 1.79. The molecule has 0 bridgehead atoms. The number of rotatable bonds is 6. The molecule has 0 radical (unpaired) electrons. The fraction of sp³-hybridized carbons (Fsp3) is 0.692. The largest absolute Gasteiger partial charge is 0.344 e. The van der Waals surface area contributed by atoms with Gasteiger partial charge in [-0.3, -0.25) is 9.48 Å². The van der Waals surface area contributed by atoms with Crippen molar-refractivity contribution in [1.82, 2.24) is 14.7 Å². The van der Waals surface area contributed by atoms with Gasteiger partial charge >= 0.3 is 0 Å². The summed E-state index contributed by atoms with van der Waals surface area (Å²) in [7, 11) is 1.81. The summed E-state index contributed by atoms with van der Waals surface area (Å²) in [6.45, 7) is 7.74. The van der Waals surface area contributed by atoms with Crippen LogP contribution in [0, 0.1) is 13.8 Å². The first kappa shape index (κ1) is 14.7. The van der Waals surface area contributed by atoms with Crippen LogP contribution >= 0.6 is 0 Å². The van der Waals surface area contributed by atoms with Crippen LogP contribution in [0.2, 0.25) is 0 Å². The van der Waals surface area contributed by atoms with Crippen LogP contribution in [0.4, 0.5) is 0 Å². The molecule has 2 N–H and O–H groups in total. The van der Waals surface area contributed by atoms with Crippen LogP contribution < -0.4 is 5.73 Å². The summed E-state index contributed by atoms with van der Waals surface area (Å²) >= 11 is 0. The van der Waals surface area contributed by atoms with Gasteiger partial charge in [0.05, 0.1) is 5.69 Å². The van der Waals surface area contributed by atoms with Gasteiger partial charge in [-0.05, 0) is 38.8 Å². The lowest BCUT2D eigenvalue weighted by atomic mass is 10.1. The van der Waals surface area contributed by atoms with E-state index in [0.29, 0.717) is 19.6 Å². The minimum absolute atomic E-state index is 0.0803. The maximum atomic E-state index is 12.0. The smallest absolute Gasteiger partial charge is 0.244 e. The average Bonchev–Trinajstić information content (AvgIpc) is 2.60. The van der Waals surface area contributed by atoms with Crippen LogP contribution in [0.15, 0.2) is 0 Å². The van der Waals surface area contributed by atoms with Gasteiger partial charge in [-0.1, -0.05) is 6.92 Å². The average molecular weight is 252 g/mol. The highest BCUT2D eigenvalue weighted by molar-refractivity contribution is 5.75. The van der Waals surface area contributed by atoms with E-state index in [4.69, 9.17) is 5.73 Å². The lowest BCUT2D eigenvalue weighted by Crippen LogP contribution is -2.32. The van der Waals surface area contributed by atoms with E-state index >= 15 is 0 Å². The molecule has 18 heavy (non-hydrogen) atoms. The number of amides is 1. The standard InChI is InChI=1S/C13H24N4O/c1-5-12-10(2)15-17(11(12)3)9-13(18)16(4)8-6-7-14/h5-9,14H2,1-4H3. The second-order valence-electron chi connectivity index (χ2n) is 4.62. The summed E-state index contributed by atoms with van der Waals surface area (Å²) in [5, 5.41) is 4.43. The normalized spacial score (nSPS) is 10.7. The summed E-state index contributed by atoms with van der Waals surface area (Å²) in [4.78, 5) is 13.7. The van der Waals surface area contributed by atoms with Crippen molar-refractivity contribution in [2.24, 2.45) is 5.73 Å². The lowest BCUT2D eigenvalue weighted by molar-refractivity contribution is -0.130. The number of nitrogens with two attached hydrogens (primary N) is 1. The predicted molar refractivity (Wildman–Crippen MR) is 72.4 cm³/mol. The molecule has 1 aromatic heterocycles. The van der Waals surface area contributed by atoms with E-state index in [9.17, 15) is 4.79 Å². The van der Waals surface area contributed by atoms with Crippen LogP contribution in [0.3, 0.4) is 0 Å². The van der Waals surface area contributed by atoms with E-state index in [2.05, 4.69) is 12.0 Å². The van der Waals surface area contributed by atoms with Crippen molar-refractivity contribution in [2.75, 3.05) is 20.1 Å². The molecule has 0 aliphatic heterocycles. The number of likely N-dealkylation sites (N-methyl/N-ethyl adjacent to an activating group) is 1. The Bertz CT molecular complexity index is 411. The van der Waals surface area contributed by atoms with Gasteiger partial charge < -0.3 is 10.6 Å². The quantitative estimate of drug-likeness (QED) is 0.817. The minimum Gasteiger partial charge on any atom is -0.344 e. The maximum absolute atomic E-state index is 12.0. The molecule has 0 saturated heterocycles. The van der Waals surface area contributed by atoms with Crippen LogP contribution in [0.25, 0.3) is 0 Å². The second kappa shape index (κ2) is 6.54. The van der Waals surface area contributed by atoms with Crippen molar-refractivity contribution >= 4 is 5.91 Å². The van der Waals surface area contributed by atoms with Crippen molar-refractivity contribution in [3.05, 3.63) is 17.0 Å². The number of aromatic nitrogens is 2. The van der Waals surface area contributed by atoms with E-state index in [1.165, 1.54) is 5.56 Å². The fourth-order valence-corrected chi connectivity index (χ4v) is 2.10. The number of carbonyl (C=O) groups excluding carboxylic acids is 1. The van der Waals surface area contributed by atoms with Gasteiger partial charge in [0.25, 0.3) is 0 Å². The first-order valence-electron chi connectivity index (χ1n) is 6.48. The van der Waals surface area contributed by atoms with E-state index in [-0.39, 0.29) is 5.91 Å². The number of carbonyl (C=O) groups is 1. The van der Waals surface area contributed by atoms with E-state index < -0.39 is 0 Å². The molecule has 0 aliphatic carbocycles. The molecule has 0 aliphatic rings. The maximum Gasteiger partial charge on any atom is 0.244 e. The molecule has 1 aromatic rings. The number of nitrogens with zero attached hydrogens (tertiary/aromatic N) is 3. The lowest BCUT2D eigenvalue weighted by Gasteiger charge is -2.17. The number of hydrogen-bond donors (Lipinski definition) is 1. The van der Waals surface area contributed by atoms with Gasteiger partial charge in [-0.2, -0.15) is 5.10 Å². The molecule has 1 amide bonds. The van der Waals surface area contributed by atoms with Crippen LogP contribution in [-0.2, 0) is 17.8 Å². The summed E-state index contributed by atoms with van der Waals surface area (Å²) < 4.78 is 1.80. The topological polar surface area (TPSA) is 64.2 Å². The SMILES string of the molecule is CCc1c(C)nn(CC(=O)N(C)CCCN)c1C. The van der Waals surface area contributed by atoms with Gasteiger partial charge in [-0.15, -0.1) is 0 Å². The first-order valence-corrected chi connectivity index (χ1v) is 6.48. The Hall–Kier alpha value is -1.36. The van der Waals surface area contributed by atoms with Crippen molar-refractivity contribution in [3.63, 3.8) is 0 Å². The Kier molecular flexibility index (Phi) is 5.34.